The molecule has 0 aromatic rings. The van der Waals surface area contributed by atoms with E-state index in [4.69, 9.17) is 13.9 Å². The van der Waals surface area contributed by atoms with Gasteiger partial charge in [0.2, 0.25) is 0 Å². The number of hydrogen-bond donors (Lipinski definition) is 1. The Hall–Kier alpha value is -0.593. The molecule has 1 aliphatic heterocycles. The van der Waals surface area contributed by atoms with Gasteiger partial charge in [-0.3, -0.25) is 0 Å². The summed E-state index contributed by atoms with van der Waals surface area (Å²) in [5, 5.41) is 2.71. The Balaban J connectivity index is 1.93. The molecule has 0 aromatic carbocycles. The average Bonchev–Trinajstić information content (AvgIpc) is 3.00. The van der Waals surface area contributed by atoms with E-state index < -0.39 is 0 Å². The molecule has 0 bridgehead atoms. The maximum Gasteiger partial charge on any atom is 0.407 e. The van der Waals surface area contributed by atoms with Crippen molar-refractivity contribution in [2.45, 2.75) is 31.6 Å². The van der Waals surface area contributed by atoms with Crippen molar-refractivity contribution >= 4 is 15.9 Å². The molecule has 1 N–H and O–H groups in total. The van der Waals surface area contributed by atoms with E-state index >= 15 is 0 Å². The Labute approximate surface area is 92.4 Å². The largest absolute Gasteiger partial charge is 0.444 e. The molecule has 1 rings (SSSR count). The molecule has 1 aliphatic rings. The van der Waals surface area contributed by atoms with Crippen molar-refractivity contribution in [3.05, 3.63) is 0 Å². The third-order valence-electron chi connectivity index (χ3n) is 2.22. The molecule has 0 aliphatic carbocycles. The van der Waals surface area contributed by atoms with E-state index in [1.807, 2.05) is 6.92 Å². The first kappa shape index (κ1) is 12.5. The van der Waals surface area contributed by atoms with Crippen LogP contribution in [0.1, 0.15) is 13.3 Å². The predicted molar refractivity (Wildman–Crippen MR) is 58.7 cm³/mol. The van der Waals surface area contributed by atoms with E-state index in [9.17, 15) is 4.79 Å². The van der Waals surface area contributed by atoms with Gasteiger partial charge in [-0.2, -0.15) is 0 Å². The van der Waals surface area contributed by atoms with Crippen molar-refractivity contribution < 1.29 is 18.7 Å². The topological polar surface area (TPSA) is 60.1 Å². The summed E-state index contributed by atoms with van der Waals surface area (Å²) in [4.78, 5) is 11.2. The lowest BCUT2D eigenvalue weighted by atomic mass is 10.3. The number of amides is 1. The Morgan fingerprint density at radius 2 is 2.47 bits per heavy atom. The normalized spacial score (nSPS) is 21.6. The third kappa shape index (κ3) is 5.76. The highest BCUT2D eigenvalue weighted by atomic mass is 28.2. The monoisotopic (exact) mass is 233 g/mol. The first-order valence-corrected chi connectivity index (χ1v) is 6.87. The molecule has 6 heteroatoms. The lowest BCUT2D eigenvalue weighted by Crippen LogP contribution is -2.30. The summed E-state index contributed by atoms with van der Waals surface area (Å²) in [5.74, 6) is 0. The van der Waals surface area contributed by atoms with E-state index in [0.29, 0.717) is 13.2 Å². The molecule has 15 heavy (non-hydrogen) atoms. The number of ether oxygens (including phenoxy) is 2. The zero-order chi connectivity index (χ0) is 11.1. The molecule has 5 nitrogen and oxygen atoms in total. The summed E-state index contributed by atoms with van der Waals surface area (Å²) in [5.41, 5.74) is 0. The van der Waals surface area contributed by atoms with Gasteiger partial charge in [-0.1, -0.05) is 0 Å². The molecule has 88 valence electrons. The molecular formula is C9H19NO4Si. The van der Waals surface area contributed by atoms with Gasteiger partial charge in [-0.05, 0) is 19.4 Å². The van der Waals surface area contributed by atoms with Crippen molar-refractivity contribution in [1.82, 2.24) is 5.32 Å². The molecule has 1 heterocycles. The molecule has 2 unspecified atom stereocenters. The predicted octanol–water partition coefficient (Wildman–Crippen LogP) is 0.0385. The van der Waals surface area contributed by atoms with Gasteiger partial charge < -0.3 is 19.2 Å². The molecule has 1 saturated heterocycles. The number of carbonyl (C=O) groups is 1. The summed E-state index contributed by atoms with van der Waals surface area (Å²) in [6, 6.07) is 1.08. The van der Waals surface area contributed by atoms with Crippen LogP contribution in [0.2, 0.25) is 6.04 Å². The number of carbonyl (C=O) groups excluding carboxylic acids is 1. The average molecular weight is 233 g/mol. The van der Waals surface area contributed by atoms with Crippen molar-refractivity contribution in [3.8, 4) is 0 Å². The van der Waals surface area contributed by atoms with Gasteiger partial charge in [-0.15, -0.1) is 0 Å². The number of nitrogens with one attached hydrogen (secondary N) is 1. The number of hydrogen-bond acceptors (Lipinski definition) is 4. The Bertz CT molecular complexity index is 199. The van der Waals surface area contributed by atoms with Crippen molar-refractivity contribution in [3.63, 3.8) is 0 Å². The van der Waals surface area contributed by atoms with E-state index in [0.717, 1.165) is 12.5 Å². The Morgan fingerprint density at radius 1 is 1.73 bits per heavy atom. The van der Waals surface area contributed by atoms with Crippen LogP contribution in [-0.4, -0.2) is 48.3 Å². The van der Waals surface area contributed by atoms with Gasteiger partial charge in [0, 0.05) is 13.7 Å². The van der Waals surface area contributed by atoms with Crippen LogP contribution in [0, 0.1) is 0 Å². The van der Waals surface area contributed by atoms with Crippen molar-refractivity contribution in [1.29, 1.82) is 0 Å². The minimum Gasteiger partial charge on any atom is -0.444 e. The van der Waals surface area contributed by atoms with Crippen LogP contribution in [0.4, 0.5) is 4.79 Å². The summed E-state index contributed by atoms with van der Waals surface area (Å²) >= 11 is 0. The maximum atomic E-state index is 11.2. The number of alkyl carbamates (subject to hydrolysis) is 1. The van der Waals surface area contributed by atoms with Gasteiger partial charge in [-0.25, -0.2) is 4.79 Å². The summed E-state index contributed by atoms with van der Waals surface area (Å²) < 4.78 is 15.1. The van der Waals surface area contributed by atoms with Crippen LogP contribution in [-0.2, 0) is 13.9 Å². The first-order valence-electron chi connectivity index (χ1n) is 5.29. The van der Waals surface area contributed by atoms with Gasteiger partial charge in [0.1, 0.15) is 12.2 Å². The number of epoxide rings is 1. The van der Waals surface area contributed by atoms with Crippen molar-refractivity contribution in [2.24, 2.45) is 0 Å². The fraction of sp³-hybridized carbons (Fsp3) is 0.889. The number of rotatable bonds is 7. The van der Waals surface area contributed by atoms with E-state index in [1.54, 1.807) is 7.11 Å². The summed E-state index contributed by atoms with van der Waals surface area (Å²) in [7, 11) is 1.37. The second-order valence-corrected chi connectivity index (χ2v) is 5.30. The molecule has 2 atom stereocenters. The molecule has 0 aromatic heterocycles. The maximum absolute atomic E-state index is 11.2. The molecule has 0 radical (unpaired) electrons. The highest BCUT2D eigenvalue weighted by Gasteiger charge is 2.32. The van der Waals surface area contributed by atoms with Crippen molar-refractivity contribution in [2.75, 3.05) is 20.3 Å². The standard InChI is InChI=1S/C9H19NO4Si/c1-7(8-6-13-8)14-9(11)10-4-3-5-15-12-2/h7-8H,3-6,15H2,1-2H3,(H,10,11). The highest BCUT2D eigenvalue weighted by Crippen LogP contribution is 2.16. The molecule has 0 saturated carbocycles. The molecular weight excluding hydrogens is 214 g/mol. The smallest absolute Gasteiger partial charge is 0.407 e. The molecule has 1 fully saturated rings. The van der Waals surface area contributed by atoms with Crippen LogP contribution >= 0.6 is 0 Å². The van der Waals surface area contributed by atoms with Crippen LogP contribution in [0.3, 0.4) is 0 Å². The fourth-order valence-electron chi connectivity index (χ4n) is 1.17. The van der Waals surface area contributed by atoms with Gasteiger partial charge in [0.25, 0.3) is 0 Å². The zero-order valence-electron chi connectivity index (χ0n) is 9.32. The summed E-state index contributed by atoms with van der Waals surface area (Å²) in [6.07, 6.45) is 0.579. The SMILES string of the molecule is CO[SiH2]CCCNC(=O)OC(C)C1CO1. The van der Waals surface area contributed by atoms with Crippen LogP contribution in [0.5, 0.6) is 0 Å². The second-order valence-electron chi connectivity index (χ2n) is 3.61. The van der Waals surface area contributed by atoms with E-state index in [1.165, 1.54) is 0 Å². The van der Waals surface area contributed by atoms with Gasteiger partial charge in [0.15, 0.2) is 9.76 Å². The second kappa shape index (κ2) is 6.81. The molecule has 1 amide bonds. The third-order valence-corrected chi connectivity index (χ3v) is 3.42. The van der Waals surface area contributed by atoms with E-state index in [2.05, 4.69) is 5.32 Å². The lowest BCUT2D eigenvalue weighted by Gasteiger charge is -2.11. The first-order chi connectivity index (χ1) is 7.24. The minimum atomic E-state index is -0.360. The molecule has 0 spiro atoms. The van der Waals surface area contributed by atoms with E-state index in [-0.39, 0.29) is 28.1 Å². The van der Waals surface area contributed by atoms with Crippen LogP contribution in [0.15, 0.2) is 0 Å². The summed E-state index contributed by atoms with van der Waals surface area (Å²) in [6.45, 7) is 3.20. The van der Waals surface area contributed by atoms with Crippen LogP contribution in [0.25, 0.3) is 0 Å². The fourth-order valence-corrected chi connectivity index (χ4v) is 1.92. The van der Waals surface area contributed by atoms with Crippen LogP contribution < -0.4 is 5.32 Å². The van der Waals surface area contributed by atoms with Gasteiger partial charge in [0.05, 0.1) is 6.61 Å². The lowest BCUT2D eigenvalue weighted by molar-refractivity contribution is 0.0894. The Morgan fingerprint density at radius 3 is 3.07 bits per heavy atom. The minimum absolute atomic E-state index is 0.108. The zero-order valence-corrected chi connectivity index (χ0v) is 10.7. The van der Waals surface area contributed by atoms with Gasteiger partial charge >= 0.3 is 6.09 Å². The Kier molecular flexibility index (Phi) is 5.67. The highest BCUT2D eigenvalue weighted by molar-refractivity contribution is 6.26. The quantitative estimate of drug-likeness (QED) is 0.383.